The van der Waals surface area contributed by atoms with E-state index in [2.05, 4.69) is 175 Å². The Balaban J connectivity index is 0.00000141. The van der Waals surface area contributed by atoms with Crippen LogP contribution in [0.4, 0.5) is 11.4 Å². The molecule has 0 N–H and O–H groups in total. The number of aryl methyl sites for hydroxylation is 2. The maximum absolute atomic E-state index is 6.20. The van der Waals surface area contributed by atoms with Crippen molar-refractivity contribution in [3.63, 3.8) is 0 Å². The van der Waals surface area contributed by atoms with E-state index in [1.807, 2.05) is 0 Å². The van der Waals surface area contributed by atoms with Crippen LogP contribution in [0, 0.1) is 52.4 Å². The Hall–Kier alpha value is -0.926. The van der Waals surface area contributed by atoms with Crippen LogP contribution in [0.3, 0.4) is 0 Å². The molecule has 62 heavy (non-hydrogen) atoms. The second kappa shape index (κ2) is 20.5. The summed E-state index contributed by atoms with van der Waals surface area (Å²) < 4.78 is 6.20. The fraction of sp³-hybridized carbons (Fsp3) is 0.585. The third-order valence-corrected chi connectivity index (χ3v) is 23.5. The fourth-order valence-corrected chi connectivity index (χ4v) is 23.1. The van der Waals surface area contributed by atoms with Gasteiger partial charge in [-0.15, -0.1) is 0 Å². The Morgan fingerprint density at radius 2 is 0.984 bits per heavy atom. The van der Waals surface area contributed by atoms with Crippen LogP contribution < -0.4 is 9.80 Å². The molecule has 4 aliphatic carbocycles. The van der Waals surface area contributed by atoms with Crippen molar-refractivity contribution in [1.82, 2.24) is 0 Å². The molecule has 340 valence electrons. The third-order valence-electron chi connectivity index (χ3n) is 15.0. The number of allylic oxidation sites excluding steroid dienone is 6. The number of rotatable bonds is 13. The van der Waals surface area contributed by atoms with Crippen LogP contribution in [0.5, 0.6) is 0 Å². The number of hydrogen-bond acceptors (Lipinski definition) is 3. The summed E-state index contributed by atoms with van der Waals surface area (Å²) in [5, 5.41) is 0. The summed E-state index contributed by atoms with van der Waals surface area (Å²) in [5.41, 5.74) is 10.8. The van der Waals surface area contributed by atoms with Crippen molar-refractivity contribution in [2.75, 3.05) is 28.7 Å². The van der Waals surface area contributed by atoms with E-state index in [-0.39, 0.29) is 20.5 Å². The zero-order valence-corrected chi connectivity index (χ0v) is 48.0. The van der Waals surface area contributed by atoms with Crippen molar-refractivity contribution in [3.05, 3.63) is 122 Å². The number of hydrogen-bond donors (Lipinski definition) is 0. The van der Waals surface area contributed by atoms with Crippen LogP contribution in [-0.4, -0.2) is 60.8 Å². The molecule has 10 atom stereocenters. The SMILES string of the molecule is Cc1ccc2c(c1)C1C(C3C=CC=CC3C1[Si](C)(CCCCCCOC(C)(C)C)C1C3C=CC=CC3C3C1c1cc(C)ccc1N3C[Si](C)(C)C)N2C[Si](C)(C)C.[CH3-].[CH3-].[Cl][Zr+2][Cl]. The number of halogens is 2. The van der Waals surface area contributed by atoms with E-state index in [0.29, 0.717) is 58.7 Å². The second-order valence-corrected chi connectivity index (χ2v) is 42.6. The van der Waals surface area contributed by atoms with Crippen LogP contribution in [0.15, 0.2) is 85.0 Å². The molecule has 10 unspecified atom stereocenters. The number of unbranched alkanes of at least 4 members (excludes halogenated alkanes) is 3. The first-order chi connectivity index (χ1) is 28.3. The Morgan fingerprint density at radius 1 is 0.597 bits per heavy atom. The summed E-state index contributed by atoms with van der Waals surface area (Å²) >= 11 is -0.826. The molecule has 0 aromatic heterocycles. The molecule has 8 rings (SSSR count). The minimum absolute atomic E-state index is 0. The van der Waals surface area contributed by atoms with Crippen LogP contribution in [0.1, 0.15) is 80.5 Å². The first-order valence-electron chi connectivity index (χ1n) is 23.3. The van der Waals surface area contributed by atoms with Crippen molar-refractivity contribution in [3.8, 4) is 0 Å². The molecular formula is C53H82Cl2N2OSi3Zr. The zero-order chi connectivity index (χ0) is 43.4. The quantitative estimate of drug-likeness (QED) is 0.113. The van der Waals surface area contributed by atoms with Gasteiger partial charge in [0.25, 0.3) is 0 Å². The number of fused-ring (bicyclic) bond motifs is 10. The maximum atomic E-state index is 6.20. The minimum atomic E-state index is -2.15. The fourth-order valence-electron chi connectivity index (χ4n) is 13.3. The van der Waals surface area contributed by atoms with Crippen LogP contribution in [0.25, 0.3) is 0 Å². The third kappa shape index (κ3) is 10.6. The number of nitrogens with zero attached hydrogens (tertiary/aromatic N) is 2. The van der Waals surface area contributed by atoms with Crippen molar-refractivity contribution in [2.24, 2.45) is 23.7 Å². The number of anilines is 2. The predicted molar refractivity (Wildman–Crippen MR) is 280 cm³/mol. The Bertz CT molecular complexity index is 1840. The molecule has 0 spiro atoms. The molecule has 2 fully saturated rings. The van der Waals surface area contributed by atoms with E-state index in [1.165, 1.54) is 55.2 Å². The van der Waals surface area contributed by atoms with Gasteiger partial charge in [0.2, 0.25) is 0 Å². The summed E-state index contributed by atoms with van der Waals surface area (Å²) in [6.45, 7) is 30.7. The van der Waals surface area contributed by atoms with E-state index in [9.17, 15) is 0 Å². The van der Waals surface area contributed by atoms with Gasteiger partial charge in [0, 0.05) is 66.1 Å². The van der Waals surface area contributed by atoms with Crippen molar-refractivity contribution >= 4 is 52.6 Å². The molecule has 2 saturated carbocycles. The van der Waals surface area contributed by atoms with Crippen molar-refractivity contribution < 1.29 is 25.6 Å². The average Bonchev–Trinajstić information content (AvgIpc) is 3.86. The van der Waals surface area contributed by atoms with E-state index < -0.39 is 45.1 Å². The molecule has 6 aliphatic rings. The van der Waals surface area contributed by atoms with E-state index in [4.69, 9.17) is 21.8 Å². The van der Waals surface area contributed by atoms with Crippen LogP contribution in [0.2, 0.25) is 63.0 Å². The first kappa shape index (κ1) is 52.0. The average molecular weight is 1010 g/mol. The molecule has 0 saturated heterocycles. The van der Waals surface area contributed by atoms with Gasteiger partial charge in [0.05, 0.1) is 29.8 Å². The van der Waals surface area contributed by atoms with Gasteiger partial charge in [0.15, 0.2) is 0 Å². The van der Waals surface area contributed by atoms with E-state index >= 15 is 0 Å². The summed E-state index contributed by atoms with van der Waals surface area (Å²) in [5.74, 6) is 3.55. The molecule has 0 radical (unpaired) electrons. The van der Waals surface area contributed by atoms with Crippen LogP contribution in [-0.2, 0) is 25.6 Å². The molecular weight excluding hydrogens is 927 g/mol. The molecule has 2 heterocycles. The topological polar surface area (TPSA) is 15.7 Å². The molecule has 9 heteroatoms. The second-order valence-electron chi connectivity index (χ2n) is 23.1. The van der Waals surface area contributed by atoms with Crippen molar-refractivity contribution in [2.45, 2.75) is 153 Å². The molecule has 2 aromatic rings. The van der Waals surface area contributed by atoms with Gasteiger partial charge in [-0.1, -0.05) is 155 Å². The normalized spacial score (nSPS) is 29.5. The summed E-state index contributed by atoms with van der Waals surface area (Å²) in [6.07, 6.45) is 28.2. The summed E-state index contributed by atoms with van der Waals surface area (Å²) in [6, 6.07) is 17.8. The molecule has 3 nitrogen and oxygen atoms in total. The van der Waals surface area contributed by atoms with Gasteiger partial charge < -0.3 is 29.4 Å². The summed E-state index contributed by atoms with van der Waals surface area (Å²) in [7, 11) is 4.90. The van der Waals surface area contributed by atoms with Gasteiger partial charge in [-0.05, 0) is 87.2 Å². The number of benzene rings is 2. The number of ether oxygens (including phenoxy) is 1. The standard InChI is InChI=1S/C51H76N2OSi3.2CH3.2ClH.Zr/c1-35-25-27-43-41(31-35)45-47(52(43)33-55(6,7)8)37-21-15-17-23-39(37)49(45)57(12,30-20-14-13-19-29-54-51(3,4)5)50-40-24-18-16-22-38(40)48-46(50)42-32-36(2)26-28-44(42)53(48)34-56(9,10)11;;;;;/h15-18,21-28,31-32,37-40,45-50H,13-14,19-20,29-30,33-34H2,1-12H3;2*1H3;2*1H;/q;2*-1;;;+4/p-2. The van der Waals surface area contributed by atoms with Gasteiger partial charge >= 0.3 is 37.9 Å². The summed E-state index contributed by atoms with van der Waals surface area (Å²) in [4.78, 5) is 5.98. The van der Waals surface area contributed by atoms with E-state index in [0.717, 1.165) is 6.61 Å². The molecule has 0 amide bonds. The van der Waals surface area contributed by atoms with Gasteiger partial charge in [-0.3, -0.25) is 0 Å². The van der Waals surface area contributed by atoms with Crippen LogP contribution >= 0.6 is 17.0 Å². The Morgan fingerprint density at radius 3 is 1.37 bits per heavy atom. The van der Waals surface area contributed by atoms with Crippen molar-refractivity contribution in [1.29, 1.82) is 0 Å². The Kier molecular flexibility index (Phi) is 17.2. The van der Waals surface area contributed by atoms with Gasteiger partial charge in [0.1, 0.15) is 0 Å². The first-order valence-corrected chi connectivity index (χ1v) is 39.9. The zero-order valence-electron chi connectivity index (χ0n) is 41.1. The predicted octanol–water partition coefficient (Wildman–Crippen LogP) is 15.5. The molecule has 2 aliphatic heterocycles. The monoisotopic (exact) mass is 1010 g/mol. The van der Waals surface area contributed by atoms with Gasteiger partial charge in [-0.2, -0.15) is 0 Å². The van der Waals surface area contributed by atoms with E-state index in [1.54, 1.807) is 22.5 Å². The molecule has 2 aromatic carbocycles. The molecule has 0 bridgehead atoms. The van der Waals surface area contributed by atoms with Gasteiger partial charge in [-0.25, -0.2) is 0 Å². The Labute approximate surface area is 402 Å².